The van der Waals surface area contributed by atoms with Crippen molar-refractivity contribution in [2.75, 3.05) is 18.5 Å². The number of esters is 1. The monoisotopic (exact) mass is 442 g/mol. The van der Waals surface area contributed by atoms with Crippen LogP contribution in [0.15, 0.2) is 35.7 Å². The van der Waals surface area contributed by atoms with E-state index in [2.05, 4.69) is 5.32 Å². The predicted octanol–water partition coefficient (Wildman–Crippen LogP) is 4.24. The molecule has 3 amide bonds. The van der Waals surface area contributed by atoms with Crippen molar-refractivity contribution in [3.63, 3.8) is 0 Å². The highest BCUT2D eigenvalue weighted by molar-refractivity contribution is 7.15. The van der Waals surface area contributed by atoms with Crippen molar-refractivity contribution >= 4 is 40.0 Å². The highest BCUT2D eigenvalue weighted by Gasteiger charge is 2.28. The van der Waals surface area contributed by atoms with E-state index in [1.165, 1.54) is 16.2 Å². The van der Waals surface area contributed by atoms with Crippen molar-refractivity contribution in [3.05, 3.63) is 41.3 Å². The van der Waals surface area contributed by atoms with Gasteiger partial charge in [0, 0.05) is 36.8 Å². The zero-order valence-electron chi connectivity index (χ0n) is 17.5. The van der Waals surface area contributed by atoms with Gasteiger partial charge in [0.2, 0.25) is 17.7 Å². The van der Waals surface area contributed by atoms with E-state index in [9.17, 15) is 19.2 Å². The highest BCUT2D eigenvalue weighted by atomic mass is 32.1. The topological polar surface area (TPSA) is 92.8 Å². The number of thiophene rings is 1. The number of ether oxygens (including phenoxy) is 1. The Kier molecular flexibility index (Phi) is 7.94. The van der Waals surface area contributed by atoms with Gasteiger partial charge in [-0.15, -0.1) is 11.3 Å². The predicted molar refractivity (Wildman–Crippen MR) is 119 cm³/mol. The number of anilines is 1. The second kappa shape index (κ2) is 10.9. The summed E-state index contributed by atoms with van der Waals surface area (Å²) in [4.78, 5) is 49.5. The molecular formula is C23H26N2O5S. The van der Waals surface area contributed by atoms with Crippen LogP contribution in [0.5, 0.6) is 0 Å². The molecule has 0 aliphatic carbocycles. The van der Waals surface area contributed by atoms with E-state index in [-0.39, 0.29) is 24.3 Å². The molecule has 3 rings (SSSR count). The van der Waals surface area contributed by atoms with Gasteiger partial charge in [0.05, 0.1) is 6.61 Å². The van der Waals surface area contributed by atoms with Gasteiger partial charge in [0.15, 0.2) is 0 Å². The number of nitrogens with one attached hydrogen (secondary N) is 1. The van der Waals surface area contributed by atoms with Gasteiger partial charge in [0.25, 0.3) is 0 Å². The van der Waals surface area contributed by atoms with E-state index in [0.717, 1.165) is 17.5 Å². The number of amides is 3. The van der Waals surface area contributed by atoms with Crippen LogP contribution in [-0.2, 0) is 19.1 Å². The van der Waals surface area contributed by atoms with Crippen molar-refractivity contribution in [1.82, 2.24) is 4.90 Å². The molecule has 0 spiro atoms. The number of nitrogens with zero attached hydrogens (tertiary/aromatic N) is 1. The molecule has 1 fully saturated rings. The number of rotatable bonds is 10. The number of hydrogen-bond donors (Lipinski definition) is 1. The molecule has 2 heterocycles. The number of unbranched alkanes of at least 4 members (excludes halogenated alkanes) is 2. The fourth-order valence-corrected chi connectivity index (χ4v) is 4.45. The number of carbonyl (C=O) groups is 4. The summed E-state index contributed by atoms with van der Waals surface area (Å²) in [5, 5.41) is 5.18. The van der Waals surface area contributed by atoms with Gasteiger partial charge in [-0.2, -0.15) is 0 Å². The minimum absolute atomic E-state index is 0.110. The summed E-state index contributed by atoms with van der Waals surface area (Å²) in [5.74, 6) is -0.861. The third-order valence-electron chi connectivity index (χ3n) is 5.05. The fraction of sp³-hybridized carbons (Fsp3) is 0.391. The van der Waals surface area contributed by atoms with Crippen LogP contribution in [0.3, 0.4) is 0 Å². The van der Waals surface area contributed by atoms with Gasteiger partial charge in [0.1, 0.15) is 10.6 Å². The first kappa shape index (κ1) is 22.7. The molecule has 0 atom stereocenters. The van der Waals surface area contributed by atoms with Crippen molar-refractivity contribution in [1.29, 1.82) is 0 Å². The van der Waals surface area contributed by atoms with Gasteiger partial charge in [-0.1, -0.05) is 36.8 Å². The lowest BCUT2D eigenvalue weighted by Crippen LogP contribution is -2.29. The number of carbonyl (C=O) groups excluding carboxylic acids is 4. The van der Waals surface area contributed by atoms with E-state index < -0.39 is 5.97 Å². The maximum atomic E-state index is 12.6. The smallest absolute Gasteiger partial charge is 0.341 e. The number of benzene rings is 1. The molecule has 0 saturated carbocycles. The zero-order chi connectivity index (χ0) is 22.2. The molecule has 7 nitrogen and oxygen atoms in total. The molecule has 1 aliphatic rings. The lowest BCUT2D eigenvalue weighted by Gasteiger charge is -2.13. The van der Waals surface area contributed by atoms with Crippen LogP contribution in [0.25, 0.3) is 11.1 Å². The Morgan fingerprint density at radius 3 is 2.45 bits per heavy atom. The third-order valence-corrected chi connectivity index (χ3v) is 5.94. The lowest BCUT2D eigenvalue weighted by atomic mass is 10.0. The van der Waals surface area contributed by atoms with E-state index in [1.54, 1.807) is 6.92 Å². The number of likely N-dealkylation sites (tertiary alicyclic amines) is 1. The quantitative estimate of drug-likeness (QED) is 0.337. The summed E-state index contributed by atoms with van der Waals surface area (Å²) >= 11 is 1.30. The molecule has 31 heavy (non-hydrogen) atoms. The van der Waals surface area contributed by atoms with Gasteiger partial charge >= 0.3 is 5.97 Å². The van der Waals surface area contributed by atoms with Crippen LogP contribution in [0.4, 0.5) is 5.00 Å². The molecule has 164 valence electrons. The second-order valence-electron chi connectivity index (χ2n) is 7.24. The van der Waals surface area contributed by atoms with Crippen LogP contribution in [0.2, 0.25) is 0 Å². The summed E-state index contributed by atoms with van der Waals surface area (Å²) in [5.41, 5.74) is 1.99. The second-order valence-corrected chi connectivity index (χ2v) is 8.12. The van der Waals surface area contributed by atoms with E-state index in [0.29, 0.717) is 49.2 Å². The molecule has 1 aliphatic heterocycles. The summed E-state index contributed by atoms with van der Waals surface area (Å²) in [6.07, 6.45) is 2.94. The first-order valence-electron chi connectivity index (χ1n) is 10.5. The van der Waals surface area contributed by atoms with Crippen LogP contribution < -0.4 is 5.32 Å². The Morgan fingerprint density at radius 1 is 1.06 bits per heavy atom. The van der Waals surface area contributed by atoms with Gasteiger partial charge in [-0.05, 0) is 25.3 Å². The van der Waals surface area contributed by atoms with Crippen LogP contribution in [0, 0.1) is 0 Å². The molecule has 1 N–H and O–H groups in total. The van der Waals surface area contributed by atoms with Gasteiger partial charge in [-0.3, -0.25) is 19.3 Å². The Labute approximate surface area is 185 Å². The van der Waals surface area contributed by atoms with Crippen LogP contribution in [-0.4, -0.2) is 41.7 Å². The highest BCUT2D eigenvalue weighted by Crippen LogP contribution is 2.36. The molecule has 1 aromatic carbocycles. The molecule has 8 heteroatoms. The standard InChI is InChI=1S/C23H26N2O5S/c1-2-30-23(29)21-17(16-9-5-3-6-10-16)15-31-22(21)24-18(26)11-7-4-8-14-25-19(27)12-13-20(25)28/h3,5-6,9-10,15H,2,4,7-8,11-14H2,1H3,(H,24,26). The van der Waals surface area contributed by atoms with Crippen LogP contribution >= 0.6 is 11.3 Å². The normalized spacial score (nSPS) is 13.5. The van der Waals surface area contributed by atoms with Gasteiger partial charge in [-0.25, -0.2) is 4.79 Å². The summed E-state index contributed by atoms with van der Waals surface area (Å²) in [6, 6.07) is 9.50. The zero-order valence-corrected chi connectivity index (χ0v) is 18.3. The Bertz CT molecular complexity index is 938. The van der Waals surface area contributed by atoms with E-state index in [4.69, 9.17) is 4.74 Å². The molecular weight excluding hydrogens is 416 g/mol. The Balaban J connectivity index is 1.55. The maximum absolute atomic E-state index is 12.6. The fourth-order valence-electron chi connectivity index (χ4n) is 3.48. The van der Waals surface area contributed by atoms with Crippen LogP contribution in [0.1, 0.15) is 55.8 Å². The minimum atomic E-state index is -0.460. The summed E-state index contributed by atoms with van der Waals surface area (Å²) < 4.78 is 5.21. The summed E-state index contributed by atoms with van der Waals surface area (Å²) in [6.45, 7) is 2.41. The molecule has 1 aromatic heterocycles. The van der Waals surface area contributed by atoms with E-state index in [1.807, 2.05) is 35.7 Å². The molecule has 1 saturated heterocycles. The first-order valence-corrected chi connectivity index (χ1v) is 11.4. The maximum Gasteiger partial charge on any atom is 0.341 e. The summed E-state index contributed by atoms with van der Waals surface area (Å²) in [7, 11) is 0. The van der Waals surface area contributed by atoms with E-state index >= 15 is 0 Å². The molecule has 0 bridgehead atoms. The third kappa shape index (κ3) is 5.79. The Hall–Kier alpha value is -3.00. The molecule has 2 aromatic rings. The van der Waals surface area contributed by atoms with Crippen molar-refractivity contribution in [3.8, 4) is 11.1 Å². The van der Waals surface area contributed by atoms with Crippen molar-refractivity contribution in [2.24, 2.45) is 0 Å². The minimum Gasteiger partial charge on any atom is -0.462 e. The average Bonchev–Trinajstić information content (AvgIpc) is 3.32. The van der Waals surface area contributed by atoms with Crippen molar-refractivity contribution < 1.29 is 23.9 Å². The molecule has 0 unspecified atom stereocenters. The number of hydrogen-bond acceptors (Lipinski definition) is 6. The molecule has 0 radical (unpaired) electrons. The first-order chi connectivity index (χ1) is 15.0. The SMILES string of the molecule is CCOC(=O)c1c(-c2ccccc2)csc1NC(=O)CCCCCN1C(=O)CCC1=O. The van der Waals surface area contributed by atoms with Gasteiger partial charge < -0.3 is 10.1 Å². The Morgan fingerprint density at radius 2 is 1.77 bits per heavy atom. The largest absolute Gasteiger partial charge is 0.462 e. The average molecular weight is 443 g/mol. The number of imide groups is 1. The lowest BCUT2D eigenvalue weighted by molar-refractivity contribution is -0.138. The van der Waals surface area contributed by atoms with Crippen molar-refractivity contribution in [2.45, 2.75) is 45.4 Å².